The fourth-order valence-corrected chi connectivity index (χ4v) is 4.28. The van der Waals surface area contributed by atoms with E-state index in [-0.39, 0.29) is 32.0 Å². The molecule has 0 aliphatic carbocycles. The lowest BCUT2D eigenvalue weighted by Crippen LogP contribution is -2.54. The fourth-order valence-electron chi connectivity index (χ4n) is 3.04. The molecule has 158 valence electrons. The highest BCUT2D eigenvalue weighted by atomic mass is 31.1. The first-order valence-electron chi connectivity index (χ1n) is 8.69. The number of Topliss-reactive ketones (excluding diaryl/α,β-unsaturated/α-hetero) is 1. The quantitative estimate of drug-likeness (QED) is 0.547. The Morgan fingerprint density at radius 3 is 2.45 bits per heavy atom. The van der Waals surface area contributed by atoms with E-state index in [9.17, 15) is 19.5 Å². The van der Waals surface area contributed by atoms with Gasteiger partial charge in [-0.05, 0) is 26.0 Å². The van der Waals surface area contributed by atoms with Crippen molar-refractivity contribution in [2.45, 2.75) is 31.3 Å². The molecule has 1 unspecified atom stereocenters. The van der Waals surface area contributed by atoms with Gasteiger partial charge in [0.05, 0.1) is 20.6 Å². The summed E-state index contributed by atoms with van der Waals surface area (Å²) in [5.41, 5.74) is 0.0147. The van der Waals surface area contributed by atoms with Crippen LogP contribution in [0, 0.1) is 0 Å². The minimum atomic E-state index is -1.98. The van der Waals surface area contributed by atoms with Gasteiger partial charge in [-0.3, -0.25) is 9.59 Å². The van der Waals surface area contributed by atoms with Crippen molar-refractivity contribution in [1.29, 1.82) is 0 Å². The van der Waals surface area contributed by atoms with Gasteiger partial charge >= 0.3 is 6.09 Å². The predicted octanol–water partition coefficient (Wildman–Crippen LogP) is 1.30. The van der Waals surface area contributed by atoms with E-state index in [1.165, 1.54) is 28.1 Å². The Kier molecular flexibility index (Phi) is 5.82. The van der Waals surface area contributed by atoms with Gasteiger partial charge in [0, 0.05) is 0 Å². The zero-order valence-corrected chi connectivity index (χ0v) is 17.4. The Balaban J connectivity index is 1.89. The smallest absolute Gasteiger partial charge is 0.420 e. The van der Waals surface area contributed by atoms with E-state index in [1.54, 1.807) is 18.2 Å². The lowest BCUT2D eigenvalue weighted by atomic mass is 10.1. The number of nitrogens with zero attached hydrogens (tertiary/aromatic N) is 1. The number of imide groups is 1. The number of aliphatic hydroxyl groups is 1. The number of benzene rings is 1. The maximum atomic E-state index is 13.1. The predicted molar refractivity (Wildman–Crippen MR) is 100 cm³/mol. The van der Waals surface area contributed by atoms with E-state index in [2.05, 4.69) is 0 Å². The average Bonchev–Trinajstić information content (AvgIpc) is 3.00. The number of carbonyl (C=O) groups is 3. The second-order valence-electron chi connectivity index (χ2n) is 6.85. The molecule has 0 aromatic heterocycles. The molecule has 2 heterocycles. The van der Waals surface area contributed by atoms with E-state index < -0.39 is 41.7 Å². The molecule has 3 atom stereocenters. The Hall–Kier alpha value is -2.26. The van der Waals surface area contributed by atoms with E-state index in [4.69, 9.17) is 23.7 Å². The fraction of sp³-hybridized carbons (Fsp3) is 0.500. The molecule has 2 aliphatic heterocycles. The molecule has 29 heavy (non-hydrogen) atoms. The SMILES string of the molecule is COc1cccc(OC)c1C(=O)N1C[C@]2(OCP[C@@H](OC(C)(C)O)C2=O)OC1=O. The Labute approximate surface area is 168 Å². The van der Waals surface area contributed by atoms with Crippen LogP contribution in [0.4, 0.5) is 4.79 Å². The summed E-state index contributed by atoms with van der Waals surface area (Å²) in [6.45, 7) is 2.32. The molecule has 1 spiro atoms. The molecule has 3 rings (SSSR count). The highest BCUT2D eigenvalue weighted by Gasteiger charge is 2.59. The van der Waals surface area contributed by atoms with Crippen molar-refractivity contribution in [3.8, 4) is 11.5 Å². The highest BCUT2D eigenvalue weighted by molar-refractivity contribution is 7.40. The van der Waals surface area contributed by atoms with Crippen LogP contribution in [0.25, 0.3) is 0 Å². The summed E-state index contributed by atoms with van der Waals surface area (Å²) in [6.07, 6.45) is -0.969. The summed E-state index contributed by atoms with van der Waals surface area (Å²) in [7, 11) is 2.66. The van der Waals surface area contributed by atoms with Gasteiger partial charge in [0.15, 0.2) is 5.79 Å². The Morgan fingerprint density at radius 1 is 1.28 bits per heavy atom. The van der Waals surface area contributed by atoms with Crippen molar-refractivity contribution < 1.29 is 43.2 Å². The van der Waals surface area contributed by atoms with Gasteiger partial charge in [0.1, 0.15) is 29.5 Å². The molecular weight excluding hydrogens is 405 g/mol. The minimum Gasteiger partial charge on any atom is -0.496 e. The van der Waals surface area contributed by atoms with Crippen LogP contribution in [0.1, 0.15) is 24.2 Å². The highest BCUT2D eigenvalue weighted by Crippen LogP contribution is 2.41. The van der Waals surface area contributed by atoms with Gasteiger partial charge < -0.3 is 28.8 Å². The summed E-state index contributed by atoms with van der Waals surface area (Å²) in [4.78, 5) is 39.2. The maximum absolute atomic E-state index is 13.1. The number of hydrogen-bond donors (Lipinski definition) is 1. The second-order valence-corrected chi connectivity index (χ2v) is 8.07. The monoisotopic (exact) mass is 427 g/mol. The first kappa shape index (κ1) is 21.4. The van der Waals surface area contributed by atoms with E-state index in [0.29, 0.717) is 0 Å². The van der Waals surface area contributed by atoms with Gasteiger partial charge in [-0.2, -0.15) is 0 Å². The van der Waals surface area contributed by atoms with Gasteiger partial charge in [-0.25, -0.2) is 9.69 Å². The van der Waals surface area contributed by atoms with Crippen LogP contribution in [0.3, 0.4) is 0 Å². The molecule has 2 saturated heterocycles. The summed E-state index contributed by atoms with van der Waals surface area (Å²) in [6, 6.07) is 4.72. The van der Waals surface area contributed by atoms with E-state index >= 15 is 0 Å². The van der Waals surface area contributed by atoms with Crippen molar-refractivity contribution in [1.82, 2.24) is 4.90 Å². The number of ketones is 1. The molecule has 1 aromatic carbocycles. The third-order valence-corrected chi connectivity index (χ3v) is 5.38. The topological polar surface area (TPSA) is 121 Å². The second kappa shape index (κ2) is 7.87. The third kappa shape index (κ3) is 4.06. The van der Waals surface area contributed by atoms with Crippen LogP contribution in [0.5, 0.6) is 11.5 Å². The molecule has 1 N–H and O–H groups in total. The standard InChI is InChI=1S/C18H22NO9P/c1-17(2,23)27-15-13(20)18(26-9-29-15)8-19(16(22)28-18)14(21)12-10(24-3)6-5-7-11(12)25-4/h5-7,15,23,29H,8-9H2,1-4H3/t15-,18+/m1/s1. The lowest BCUT2D eigenvalue weighted by molar-refractivity contribution is -0.221. The summed E-state index contributed by atoms with van der Waals surface area (Å²) < 4.78 is 26.5. The number of methoxy groups -OCH3 is 2. The number of carbonyl (C=O) groups excluding carboxylic acids is 3. The summed E-state index contributed by atoms with van der Waals surface area (Å²) >= 11 is 0. The molecule has 0 bridgehead atoms. The van der Waals surface area contributed by atoms with Crippen molar-refractivity contribution in [2.24, 2.45) is 0 Å². The first-order valence-corrected chi connectivity index (χ1v) is 9.98. The molecule has 2 aliphatic rings. The average molecular weight is 427 g/mol. The van der Waals surface area contributed by atoms with Crippen LogP contribution in [-0.2, 0) is 19.0 Å². The van der Waals surface area contributed by atoms with Crippen molar-refractivity contribution in [2.75, 3.05) is 27.1 Å². The van der Waals surface area contributed by atoms with Crippen LogP contribution >= 0.6 is 8.58 Å². The Bertz CT molecular complexity index is 815. The molecular formula is C18H22NO9P. The van der Waals surface area contributed by atoms with E-state index in [0.717, 1.165) is 4.90 Å². The molecule has 2 fully saturated rings. The van der Waals surface area contributed by atoms with Crippen LogP contribution < -0.4 is 9.47 Å². The molecule has 1 aromatic rings. The number of hydrogen-bond acceptors (Lipinski definition) is 9. The molecule has 0 radical (unpaired) electrons. The van der Waals surface area contributed by atoms with Gasteiger partial charge in [0.25, 0.3) is 11.7 Å². The zero-order valence-electron chi connectivity index (χ0n) is 16.4. The van der Waals surface area contributed by atoms with Crippen LogP contribution in [0.15, 0.2) is 18.2 Å². The summed E-state index contributed by atoms with van der Waals surface area (Å²) in [5.74, 6) is -5.59. The van der Waals surface area contributed by atoms with Gasteiger partial charge in [-0.15, -0.1) is 0 Å². The zero-order chi connectivity index (χ0) is 21.4. The van der Waals surface area contributed by atoms with Gasteiger partial charge in [0.2, 0.25) is 5.78 Å². The van der Waals surface area contributed by atoms with Crippen molar-refractivity contribution in [3.05, 3.63) is 23.8 Å². The van der Waals surface area contributed by atoms with Gasteiger partial charge in [-0.1, -0.05) is 14.6 Å². The van der Waals surface area contributed by atoms with Crippen molar-refractivity contribution in [3.63, 3.8) is 0 Å². The number of amides is 2. The number of ether oxygens (including phenoxy) is 5. The van der Waals surface area contributed by atoms with Crippen LogP contribution in [-0.4, -0.2) is 72.3 Å². The minimum absolute atomic E-state index is 0.0147. The molecule has 11 heteroatoms. The molecule has 10 nitrogen and oxygen atoms in total. The van der Waals surface area contributed by atoms with E-state index in [1.807, 2.05) is 0 Å². The third-order valence-electron chi connectivity index (χ3n) is 4.32. The normalized spacial score (nSPS) is 25.4. The number of rotatable bonds is 5. The molecule has 2 amide bonds. The lowest BCUT2D eigenvalue weighted by Gasteiger charge is -2.36. The largest absolute Gasteiger partial charge is 0.496 e. The Morgan fingerprint density at radius 2 is 1.90 bits per heavy atom. The molecule has 0 saturated carbocycles. The summed E-state index contributed by atoms with van der Waals surface area (Å²) in [5, 5.41) is 9.86. The van der Waals surface area contributed by atoms with Crippen LogP contribution in [0.2, 0.25) is 0 Å². The van der Waals surface area contributed by atoms with Crippen molar-refractivity contribution >= 4 is 26.4 Å². The first-order chi connectivity index (χ1) is 13.6. The maximum Gasteiger partial charge on any atom is 0.420 e.